The summed E-state index contributed by atoms with van der Waals surface area (Å²) in [5.74, 6) is 1.37. The van der Waals surface area contributed by atoms with Crippen LogP contribution in [0, 0.1) is 0 Å². The number of anilines is 4. The maximum Gasteiger partial charge on any atom is 0.223 e. The maximum absolute atomic E-state index is 8.97. The van der Waals surface area contributed by atoms with Crippen LogP contribution in [-0.2, 0) is 0 Å². The Balaban J connectivity index is 1.51. The van der Waals surface area contributed by atoms with Gasteiger partial charge in [-0.15, -0.1) is 11.3 Å². The molecule has 156 valence electrons. The molecule has 0 aliphatic heterocycles. The van der Waals surface area contributed by atoms with Crippen LogP contribution in [0.3, 0.4) is 0 Å². The van der Waals surface area contributed by atoms with Crippen molar-refractivity contribution in [3.63, 3.8) is 0 Å². The average molecular weight is 432 g/mol. The number of H-pyrrole nitrogens is 1. The van der Waals surface area contributed by atoms with E-state index in [0.29, 0.717) is 24.6 Å². The Kier molecular flexibility index (Phi) is 5.11. The summed E-state index contributed by atoms with van der Waals surface area (Å²) < 4.78 is 1.24. The van der Waals surface area contributed by atoms with Gasteiger partial charge in [-0.3, -0.25) is 5.10 Å². The van der Waals surface area contributed by atoms with Gasteiger partial charge in [-0.1, -0.05) is 18.2 Å². The van der Waals surface area contributed by atoms with Gasteiger partial charge in [-0.25, -0.2) is 0 Å². The number of aromatic amines is 1. The lowest BCUT2D eigenvalue weighted by Gasteiger charge is -2.11. The molecule has 9 heteroatoms. The number of thiophene rings is 1. The van der Waals surface area contributed by atoms with Gasteiger partial charge >= 0.3 is 0 Å². The molecular weight excluding hydrogens is 410 g/mol. The van der Waals surface area contributed by atoms with Gasteiger partial charge in [-0.05, 0) is 36.1 Å². The summed E-state index contributed by atoms with van der Waals surface area (Å²) >= 11 is 1.75. The first-order valence-corrected chi connectivity index (χ1v) is 10.7. The van der Waals surface area contributed by atoms with Crippen molar-refractivity contribution < 1.29 is 5.11 Å². The maximum atomic E-state index is 8.97. The lowest BCUT2D eigenvalue weighted by molar-refractivity contribution is 0.292. The third kappa shape index (κ3) is 4.00. The van der Waals surface area contributed by atoms with Crippen LogP contribution in [-0.4, -0.2) is 38.4 Å². The fourth-order valence-electron chi connectivity index (χ4n) is 3.50. The third-order valence-electron chi connectivity index (χ3n) is 4.90. The molecule has 3 heterocycles. The number of nitrogens with one attached hydrogen (secondary N) is 3. The number of hydrogen-bond donors (Lipinski definition) is 5. The number of aliphatic hydroxyl groups is 1. The highest BCUT2D eigenvalue weighted by molar-refractivity contribution is 7.22. The zero-order valence-corrected chi connectivity index (χ0v) is 17.4. The minimum atomic E-state index is 0.115. The number of nitrogens with two attached hydrogens (primary N) is 1. The monoisotopic (exact) mass is 431 g/mol. The second kappa shape index (κ2) is 8.21. The zero-order valence-electron chi connectivity index (χ0n) is 16.6. The lowest BCUT2D eigenvalue weighted by Crippen LogP contribution is -2.08. The van der Waals surface area contributed by atoms with E-state index in [4.69, 9.17) is 10.8 Å². The van der Waals surface area contributed by atoms with E-state index in [2.05, 4.69) is 61.1 Å². The molecule has 0 saturated heterocycles. The summed E-state index contributed by atoms with van der Waals surface area (Å²) in [6.07, 6.45) is 2.44. The molecule has 0 bridgehead atoms. The van der Waals surface area contributed by atoms with Crippen LogP contribution in [0.1, 0.15) is 6.42 Å². The normalized spacial score (nSPS) is 11.3. The van der Waals surface area contributed by atoms with Crippen LogP contribution in [0.4, 0.5) is 23.3 Å². The van der Waals surface area contributed by atoms with Crippen molar-refractivity contribution in [1.29, 1.82) is 0 Å². The minimum Gasteiger partial charge on any atom is -0.396 e. The summed E-state index contributed by atoms with van der Waals surface area (Å²) in [7, 11) is 0. The first kappa shape index (κ1) is 19.3. The Morgan fingerprint density at radius 3 is 2.77 bits per heavy atom. The predicted molar refractivity (Wildman–Crippen MR) is 127 cm³/mol. The van der Waals surface area contributed by atoms with E-state index in [1.165, 1.54) is 10.1 Å². The first-order valence-electron chi connectivity index (χ1n) is 9.92. The van der Waals surface area contributed by atoms with Crippen LogP contribution in [0.2, 0.25) is 0 Å². The van der Waals surface area contributed by atoms with Crippen LogP contribution >= 0.6 is 11.3 Å². The number of aromatic nitrogens is 4. The van der Waals surface area contributed by atoms with Crippen LogP contribution in [0.25, 0.3) is 31.4 Å². The van der Waals surface area contributed by atoms with Gasteiger partial charge in [0.05, 0.1) is 11.7 Å². The molecule has 0 atom stereocenters. The molecule has 0 aliphatic rings. The third-order valence-corrected chi connectivity index (χ3v) is 6.05. The van der Waals surface area contributed by atoms with Gasteiger partial charge in [0, 0.05) is 45.4 Å². The van der Waals surface area contributed by atoms with Crippen molar-refractivity contribution in [1.82, 2.24) is 20.2 Å². The van der Waals surface area contributed by atoms with Gasteiger partial charge in [0.25, 0.3) is 0 Å². The molecule has 0 spiro atoms. The van der Waals surface area contributed by atoms with Crippen molar-refractivity contribution >= 4 is 55.6 Å². The Morgan fingerprint density at radius 2 is 1.90 bits per heavy atom. The molecule has 0 unspecified atom stereocenters. The molecule has 0 fully saturated rings. The van der Waals surface area contributed by atoms with Crippen LogP contribution < -0.4 is 16.4 Å². The molecule has 0 amide bonds. The summed E-state index contributed by atoms with van der Waals surface area (Å²) in [6, 6.07) is 16.5. The fourth-order valence-corrected chi connectivity index (χ4v) is 4.59. The molecule has 5 rings (SSSR count). The Bertz CT molecular complexity index is 1330. The molecule has 5 aromatic rings. The smallest absolute Gasteiger partial charge is 0.223 e. The average Bonchev–Trinajstić information content (AvgIpc) is 3.40. The van der Waals surface area contributed by atoms with Crippen molar-refractivity contribution in [3.8, 4) is 10.4 Å². The van der Waals surface area contributed by atoms with Gasteiger partial charge < -0.3 is 21.5 Å². The van der Waals surface area contributed by atoms with E-state index < -0.39 is 0 Å². The van der Waals surface area contributed by atoms with E-state index in [0.717, 1.165) is 27.0 Å². The number of rotatable bonds is 7. The Morgan fingerprint density at radius 1 is 1.03 bits per heavy atom. The number of benzene rings is 2. The topological polar surface area (TPSA) is 125 Å². The molecule has 0 saturated carbocycles. The van der Waals surface area contributed by atoms with Crippen molar-refractivity contribution in [2.75, 3.05) is 29.5 Å². The van der Waals surface area contributed by atoms with E-state index in [-0.39, 0.29) is 12.6 Å². The summed E-state index contributed by atoms with van der Waals surface area (Å²) in [6.45, 7) is 0.716. The number of nitrogens with zero attached hydrogens (tertiary/aromatic N) is 3. The van der Waals surface area contributed by atoms with Gasteiger partial charge in [-0.2, -0.15) is 15.1 Å². The van der Waals surface area contributed by atoms with Crippen LogP contribution in [0.5, 0.6) is 0 Å². The van der Waals surface area contributed by atoms with Gasteiger partial charge in [0.2, 0.25) is 5.95 Å². The zero-order chi connectivity index (χ0) is 21.2. The minimum absolute atomic E-state index is 0.115. The number of nitrogen functional groups attached to an aromatic ring is 1. The number of hydrogen-bond acceptors (Lipinski definition) is 8. The van der Waals surface area contributed by atoms with Gasteiger partial charge in [0.15, 0.2) is 0 Å². The molecular formula is C22H21N7OS. The molecule has 6 N–H and O–H groups in total. The summed E-state index contributed by atoms with van der Waals surface area (Å²) in [4.78, 5) is 9.67. The van der Waals surface area contributed by atoms with Crippen LogP contribution in [0.15, 0.2) is 54.7 Å². The Labute approximate surface area is 182 Å². The summed E-state index contributed by atoms with van der Waals surface area (Å²) in [5.41, 5.74) is 8.83. The molecule has 0 radical (unpaired) electrons. The summed E-state index contributed by atoms with van der Waals surface area (Å²) in [5, 5.41) is 25.0. The predicted octanol–water partition coefficient (Wildman–Crippen LogP) is 4.35. The molecule has 3 aromatic heterocycles. The van der Waals surface area contributed by atoms with Crippen molar-refractivity contribution in [2.24, 2.45) is 0 Å². The van der Waals surface area contributed by atoms with Gasteiger partial charge in [0.1, 0.15) is 11.6 Å². The van der Waals surface area contributed by atoms with E-state index in [1.807, 2.05) is 18.3 Å². The highest BCUT2D eigenvalue weighted by atomic mass is 32.1. The fraction of sp³-hybridized carbons (Fsp3) is 0.136. The van der Waals surface area contributed by atoms with E-state index >= 15 is 0 Å². The van der Waals surface area contributed by atoms with E-state index in [9.17, 15) is 0 Å². The quantitative estimate of drug-likeness (QED) is 0.243. The number of fused-ring (bicyclic) bond motifs is 2. The lowest BCUT2D eigenvalue weighted by atomic mass is 10.1. The molecule has 8 nitrogen and oxygen atoms in total. The largest absolute Gasteiger partial charge is 0.396 e. The second-order valence-electron chi connectivity index (χ2n) is 7.13. The highest BCUT2D eigenvalue weighted by Gasteiger charge is 2.12. The standard InChI is InChI=1S/C22H21N7OS/c23-22-27-19(24-6-3-7-30)11-20(28-22)26-15-8-14-12-25-29-21(14)16(10-15)18-9-13-4-1-2-5-17(13)31-18/h1-2,4-5,8-12,30H,3,6-7H2,(H,25,29)(H4,23,24,26,27,28). The molecule has 31 heavy (non-hydrogen) atoms. The van der Waals surface area contributed by atoms with E-state index in [1.54, 1.807) is 17.4 Å². The van der Waals surface area contributed by atoms with Crippen molar-refractivity contribution in [3.05, 3.63) is 54.7 Å². The SMILES string of the molecule is Nc1nc(NCCCO)cc(Nc2cc(-c3cc4ccccc4s3)c3[nH]ncc3c2)n1. The number of aliphatic hydroxyl groups excluding tert-OH is 1. The first-order chi connectivity index (χ1) is 15.2. The second-order valence-corrected chi connectivity index (χ2v) is 8.22. The Hall–Kier alpha value is -3.69. The highest BCUT2D eigenvalue weighted by Crippen LogP contribution is 2.38. The molecule has 0 aliphatic carbocycles. The molecule has 2 aromatic carbocycles. The van der Waals surface area contributed by atoms with Crippen molar-refractivity contribution in [2.45, 2.75) is 6.42 Å².